The zero-order valence-corrected chi connectivity index (χ0v) is 17.9. The van der Waals surface area contributed by atoms with Gasteiger partial charge >= 0.3 is 6.09 Å². The molecule has 3 rings (SSSR count). The second-order valence-electron chi connectivity index (χ2n) is 6.77. The summed E-state index contributed by atoms with van der Waals surface area (Å²) in [5.74, 6) is -1.15. The molecule has 0 aliphatic carbocycles. The molecular weight excluding hydrogens is 433 g/mol. The number of benzene rings is 2. The Morgan fingerprint density at radius 2 is 1.66 bits per heavy atom. The summed E-state index contributed by atoms with van der Waals surface area (Å²) in [6, 6.07) is 18.7. The lowest BCUT2D eigenvalue weighted by atomic mass is 10.2. The average molecular weight is 456 g/mol. The van der Waals surface area contributed by atoms with E-state index in [0.717, 1.165) is 16.0 Å². The highest BCUT2D eigenvalue weighted by atomic mass is 32.1. The van der Waals surface area contributed by atoms with E-state index in [1.165, 1.54) is 23.5 Å². The van der Waals surface area contributed by atoms with Crippen molar-refractivity contribution in [2.24, 2.45) is 0 Å². The molecule has 3 N–H and O–H groups in total. The Bertz CT molecular complexity index is 1050. The van der Waals surface area contributed by atoms with E-state index in [0.29, 0.717) is 11.3 Å². The van der Waals surface area contributed by atoms with Crippen LogP contribution in [0.25, 0.3) is 10.4 Å². The summed E-state index contributed by atoms with van der Waals surface area (Å²) < 4.78 is 18.1. The lowest BCUT2D eigenvalue weighted by Gasteiger charge is -2.08. The van der Waals surface area contributed by atoms with Gasteiger partial charge in [-0.15, -0.1) is 11.3 Å². The molecule has 0 unspecified atom stereocenters. The number of hydrazine groups is 1. The maximum Gasteiger partial charge on any atom is 0.407 e. The predicted molar refractivity (Wildman–Crippen MR) is 119 cm³/mol. The number of nitrogens with one attached hydrogen (secondary N) is 3. The van der Waals surface area contributed by atoms with E-state index < -0.39 is 12.0 Å². The highest BCUT2D eigenvalue weighted by Crippen LogP contribution is 2.28. The SMILES string of the molecule is O=C(CCCNC(=O)OCc1ccccc1)NNC(=O)c1ccc(-c2ccc(F)cc2)s1. The Morgan fingerprint density at radius 3 is 2.41 bits per heavy atom. The molecule has 0 spiro atoms. The van der Waals surface area contributed by atoms with E-state index in [1.807, 2.05) is 30.3 Å². The summed E-state index contributed by atoms with van der Waals surface area (Å²) >= 11 is 1.23. The number of carbonyl (C=O) groups excluding carboxylic acids is 3. The lowest BCUT2D eigenvalue weighted by Crippen LogP contribution is -2.41. The Labute approximate surface area is 188 Å². The van der Waals surface area contributed by atoms with Gasteiger partial charge < -0.3 is 10.1 Å². The Kier molecular flexibility index (Phi) is 8.33. The Balaban J connectivity index is 1.31. The first-order valence-corrected chi connectivity index (χ1v) is 10.7. The predicted octanol–water partition coefficient (Wildman–Crippen LogP) is 4.02. The maximum atomic E-state index is 13.0. The van der Waals surface area contributed by atoms with E-state index in [4.69, 9.17) is 4.74 Å². The summed E-state index contributed by atoms with van der Waals surface area (Å²) in [5.41, 5.74) is 6.39. The van der Waals surface area contributed by atoms with Gasteiger partial charge in [0.05, 0.1) is 4.88 Å². The molecule has 1 aromatic heterocycles. The van der Waals surface area contributed by atoms with Gasteiger partial charge in [-0.1, -0.05) is 42.5 Å². The molecule has 0 bridgehead atoms. The number of amides is 3. The molecule has 0 fully saturated rings. The molecule has 3 aromatic rings. The standard InChI is InChI=1S/C23H22FN3O4S/c24-18-10-8-17(9-11-18)19-12-13-20(32-19)22(29)27-26-21(28)7-4-14-25-23(30)31-15-16-5-2-1-3-6-16/h1-3,5-6,8-13H,4,7,14-15H2,(H,25,30)(H,26,28)(H,27,29). The van der Waals surface area contributed by atoms with Crippen LogP contribution in [0.4, 0.5) is 9.18 Å². The monoisotopic (exact) mass is 455 g/mol. The van der Waals surface area contributed by atoms with Gasteiger partial charge in [-0.05, 0) is 41.8 Å². The third-order valence-electron chi connectivity index (χ3n) is 4.34. The summed E-state index contributed by atoms with van der Waals surface area (Å²) in [5, 5.41) is 2.57. The van der Waals surface area contributed by atoms with Crippen LogP contribution in [0.2, 0.25) is 0 Å². The average Bonchev–Trinajstić information content (AvgIpc) is 3.30. The highest BCUT2D eigenvalue weighted by molar-refractivity contribution is 7.17. The molecule has 166 valence electrons. The number of hydrogen-bond acceptors (Lipinski definition) is 5. The lowest BCUT2D eigenvalue weighted by molar-refractivity contribution is -0.121. The molecule has 32 heavy (non-hydrogen) atoms. The molecule has 0 aliphatic heterocycles. The number of carbonyl (C=O) groups is 3. The minimum Gasteiger partial charge on any atom is -0.445 e. The third-order valence-corrected chi connectivity index (χ3v) is 5.47. The summed E-state index contributed by atoms with van der Waals surface area (Å²) in [6.45, 7) is 0.436. The van der Waals surface area contributed by atoms with Crippen molar-refractivity contribution in [2.45, 2.75) is 19.4 Å². The number of ether oxygens (including phenoxy) is 1. The van der Waals surface area contributed by atoms with Crippen LogP contribution in [0, 0.1) is 5.82 Å². The molecule has 9 heteroatoms. The molecule has 0 saturated carbocycles. The van der Waals surface area contributed by atoms with Gasteiger partial charge in [0.2, 0.25) is 5.91 Å². The van der Waals surface area contributed by atoms with Crippen molar-refractivity contribution < 1.29 is 23.5 Å². The molecule has 0 radical (unpaired) electrons. The van der Waals surface area contributed by atoms with Crippen molar-refractivity contribution in [3.05, 3.63) is 83.0 Å². The summed E-state index contributed by atoms with van der Waals surface area (Å²) in [6.07, 6.45) is -0.0578. The topological polar surface area (TPSA) is 96.5 Å². The van der Waals surface area contributed by atoms with Crippen LogP contribution in [-0.2, 0) is 16.1 Å². The van der Waals surface area contributed by atoms with Crippen LogP contribution in [0.5, 0.6) is 0 Å². The molecule has 2 aromatic carbocycles. The fraction of sp³-hybridized carbons (Fsp3) is 0.174. The highest BCUT2D eigenvalue weighted by Gasteiger charge is 2.12. The molecule has 0 saturated heterocycles. The van der Waals surface area contributed by atoms with Crippen molar-refractivity contribution in [1.29, 1.82) is 0 Å². The Hall–Kier alpha value is -3.72. The molecule has 3 amide bonds. The fourth-order valence-electron chi connectivity index (χ4n) is 2.69. The van der Waals surface area contributed by atoms with Gasteiger partial charge in [-0.3, -0.25) is 20.4 Å². The van der Waals surface area contributed by atoms with Gasteiger partial charge in [0.25, 0.3) is 5.91 Å². The fourth-order valence-corrected chi connectivity index (χ4v) is 3.60. The van der Waals surface area contributed by atoms with E-state index >= 15 is 0 Å². The maximum absolute atomic E-state index is 13.0. The zero-order chi connectivity index (χ0) is 22.8. The zero-order valence-electron chi connectivity index (χ0n) is 17.1. The van der Waals surface area contributed by atoms with Crippen LogP contribution in [0.1, 0.15) is 28.1 Å². The van der Waals surface area contributed by atoms with Crippen LogP contribution in [0.3, 0.4) is 0 Å². The Morgan fingerprint density at radius 1 is 0.906 bits per heavy atom. The number of halogens is 1. The molecule has 0 atom stereocenters. The largest absolute Gasteiger partial charge is 0.445 e. The molecule has 1 heterocycles. The van der Waals surface area contributed by atoms with Gasteiger partial charge in [-0.2, -0.15) is 0 Å². The quantitative estimate of drug-likeness (QED) is 0.353. The molecule has 0 aliphatic rings. The van der Waals surface area contributed by atoms with E-state index in [-0.39, 0.29) is 31.3 Å². The number of thiophene rings is 1. The molecule has 7 nitrogen and oxygen atoms in total. The smallest absolute Gasteiger partial charge is 0.407 e. The van der Waals surface area contributed by atoms with Gasteiger partial charge in [-0.25, -0.2) is 9.18 Å². The second kappa shape index (κ2) is 11.6. The van der Waals surface area contributed by atoms with Crippen LogP contribution in [-0.4, -0.2) is 24.5 Å². The van der Waals surface area contributed by atoms with Crippen molar-refractivity contribution in [2.75, 3.05) is 6.54 Å². The van der Waals surface area contributed by atoms with Crippen molar-refractivity contribution in [3.63, 3.8) is 0 Å². The number of alkyl carbamates (subject to hydrolysis) is 1. The van der Waals surface area contributed by atoms with Gasteiger partial charge in [0.1, 0.15) is 12.4 Å². The van der Waals surface area contributed by atoms with E-state index in [2.05, 4.69) is 16.2 Å². The van der Waals surface area contributed by atoms with Gasteiger partial charge in [0, 0.05) is 17.8 Å². The van der Waals surface area contributed by atoms with E-state index in [9.17, 15) is 18.8 Å². The molecular formula is C23H22FN3O4S. The first-order valence-electron chi connectivity index (χ1n) is 9.91. The van der Waals surface area contributed by atoms with Crippen LogP contribution < -0.4 is 16.2 Å². The minimum absolute atomic E-state index is 0.116. The van der Waals surface area contributed by atoms with E-state index in [1.54, 1.807) is 24.3 Å². The summed E-state index contributed by atoms with van der Waals surface area (Å²) in [4.78, 5) is 37.0. The van der Waals surface area contributed by atoms with Crippen LogP contribution >= 0.6 is 11.3 Å². The van der Waals surface area contributed by atoms with Crippen molar-refractivity contribution in [1.82, 2.24) is 16.2 Å². The normalized spacial score (nSPS) is 10.3. The van der Waals surface area contributed by atoms with Gasteiger partial charge in [0.15, 0.2) is 0 Å². The number of rotatable bonds is 8. The first kappa shape index (κ1) is 23.0. The van der Waals surface area contributed by atoms with Crippen molar-refractivity contribution >= 4 is 29.2 Å². The third kappa shape index (κ3) is 7.21. The summed E-state index contributed by atoms with van der Waals surface area (Å²) in [7, 11) is 0. The number of hydrogen-bond donors (Lipinski definition) is 3. The second-order valence-corrected chi connectivity index (χ2v) is 7.85. The van der Waals surface area contributed by atoms with Crippen LogP contribution in [0.15, 0.2) is 66.7 Å². The minimum atomic E-state index is -0.558. The first-order chi connectivity index (χ1) is 15.5. The van der Waals surface area contributed by atoms with Crippen molar-refractivity contribution in [3.8, 4) is 10.4 Å².